The Bertz CT molecular complexity index is 1080. The number of halogens is 1. The van der Waals surface area contributed by atoms with Gasteiger partial charge >= 0.3 is 0 Å². The molecule has 168 valence electrons. The van der Waals surface area contributed by atoms with Crippen LogP contribution in [0.3, 0.4) is 0 Å². The number of carbonyl (C=O) groups excluding carboxylic acids is 2. The van der Waals surface area contributed by atoms with Crippen LogP contribution in [0.2, 0.25) is 5.02 Å². The van der Waals surface area contributed by atoms with E-state index in [0.717, 1.165) is 11.1 Å². The Labute approximate surface area is 193 Å². The number of hydrogen-bond acceptors (Lipinski definition) is 4. The second kappa shape index (κ2) is 11.0. The molecule has 0 saturated carbocycles. The zero-order chi connectivity index (χ0) is 23.1. The highest BCUT2D eigenvalue weighted by Gasteiger charge is 2.17. The van der Waals surface area contributed by atoms with Gasteiger partial charge in [0.1, 0.15) is 0 Å². The molecule has 0 aliphatic carbocycles. The van der Waals surface area contributed by atoms with Crippen molar-refractivity contribution >= 4 is 23.4 Å². The first-order valence-electron chi connectivity index (χ1n) is 10.7. The Hall–Kier alpha value is -3.12. The quantitative estimate of drug-likeness (QED) is 0.509. The van der Waals surface area contributed by atoms with E-state index in [1.165, 1.54) is 16.0 Å². The molecule has 0 radical (unpaired) electrons. The molecule has 0 unspecified atom stereocenters. The molecule has 0 aliphatic rings. The van der Waals surface area contributed by atoms with Crippen LogP contribution in [0.1, 0.15) is 35.9 Å². The largest absolute Gasteiger partial charge is 0.441 e. The van der Waals surface area contributed by atoms with Crippen molar-refractivity contribution < 1.29 is 14.0 Å². The van der Waals surface area contributed by atoms with Crippen molar-refractivity contribution in [1.29, 1.82) is 0 Å². The molecule has 0 atom stereocenters. The third-order valence-electron chi connectivity index (χ3n) is 5.37. The number of oxazole rings is 1. The second-order valence-corrected chi connectivity index (χ2v) is 8.16. The molecular weight excluding hydrogens is 426 g/mol. The molecule has 3 rings (SSSR count). The lowest BCUT2D eigenvalue weighted by atomic mass is 10.1. The van der Waals surface area contributed by atoms with Crippen LogP contribution in [0.25, 0.3) is 11.3 Å². The molecule has 0 aliphatic heterocycles. The van der Waals surface area contributed by atoms with Crippen molar-refractivity contribution in [3.8, 4) is 11.3 Å². The predicted octanol–water partition coefficient (Wildman–Crippen LogP) is 4.71. The number of nitrogens with zero attached hydrogens (tertiary/aromatic N) is 2. The third kappa shape index (κ3) is 6.44. The molecule has 1 N–H and O–H groups in total. The summed E-state index contributed by atoms with van der Waals surface area (Å²) in [6, 6.07) is 13.4. The van der Waals surface area contributed by atoms with Crippen LogP contribution < -0.4 is 5.32 Å². The number of aryl methyl sites for hydroxylation is 3. The maximum Gasteiger partial charge on any atom is 0.239 e. The SMILES string of the molecule is CCN(CC(=O)NCc1ccc(Cl)cc1)C(=O)CCc1ncc(-c2ccc(C)c(C)c2)o1. The van der Waals surface area contributed by atoms with E-state index in [4.69, 9.17) is 16.0 Å². The van der Waals surface area contributed by atoms with Crippen LogP contribution in [-0.2, 0) is 22.6 Å². The molecule has 1 aromatic heterocycles. The minimum absolute atomic E-state index is 0.0163. The standard InChI is InChI=1S/C25H28ClN3O3/c1-4-29(16-23(30)27-14-19-6-9-21(26)10-7-19)25(31)12-11-24-28-15-22(32-24)20-8-5-17(2)18(3)13-20/h5-10,13,15H,4,11-12,14,16H2,1-3H3,(H,27,30). The van der Waals surface area contributed by atoms with E-state index >= 15 is 0 Å². The highest BCUT2D eigenvalue weighted by molar-refractivity contribution is 6.30. The molecule has 32 heavy (non-hydrogen) atoms. The molecule has 3 aromatic rings. The molecule has 0 bridgehead atoms. The number of aromatic nitrogens is 1. The van der Waals surface area contributed by atoms with E-state index in [2.05, 4.69) is 30.2 Å². The van der Waals surface area contributed by atoms with E-state index in [9.17, 15) is 9.59 Å². The number of hydrogen-bond donors (Lipinski definition) is 1. The predicted molar refractivity (Wildman–Crippen MR) is 125 cm³/mol. The molecule has 2 amide bonds. The van der Waals surface area contributed by atoms with Crippen molar-refractivity contribution in [2.24, 2.45) is 0 Å². The number of benzene rings is 2. The molecule has 2 aromatic carbocycles. The Balaban J connectivity index is 1.49. The molecule has 0 spiro atoms. The van der Waals surface area contributed by atoms with E-state index in [0.29, 0.717) is 36.2 Å². The summed E-state index contributed by atoms with van der Waals surface area (Å²) in [7, 11) is 0. The summed E-state index contributed by atoms with van der Waals surface area (Å²) in [5.74, 6) is 0.877. The lowest BCUT2D eigenvalue weighted by Crippen LogP contribution is -2.40. The van der Waals surface area contributed by atoms with Crippen molar-refractivity contribution in [2.75, 3.05) is 13.1 Å². The number of carbonyl (C=O) groups is 2. The fourth-order valence-corrected chi connectivity index (χ4v) is 3.36. The van der Waals surface area contributed by atoms with E-state index < -0.39 is 0 Å². The normalized spacial score (nSPS) is 10.8. The molecule has 1 heterocycles. The summed E-state index contributed by atoms with van der Waals surface area (Å²) < 4.78 is 5.83. The lowest BCUT2D eigenvalue weighted by molar-refractivity contribution is -0.135. The molecule has 0 fully saturated rings. The van der Waals surface area contributed by atoms with Gasteiger partial charge in [-0.2, -0.15) is 0 Å². The van der Waals surface area contributed by atoms with Crippen molar-refractivity contribution in [2.45, 2.75) is 40.2 Å². The first-order chi connectivity index (χ1) is 15.4. The number of amides is 2. The van der Waals surface area contributed by atoms with E-state index in [1.807, 2.05) is 31.2 Å². The Morgan fingerprint density at radius 2 is 1.84 bits per heavy atom. The van der Waals surface area contributed by atoms with Crippen LogP contribution in [0.15, 0.2) is 53.1 Å². The van der Waals surface area contributed by atoms with Crippen LogP contribution >= 0.6 is 11.6 Å². The first kappa shape index (κ1) is 23.5. The maximum atomic E-state index is 12.6. The number of nitrogens with one attached hydrogen (secondary N) is 1. The van der Waals surface area contributed by atoms with Crippen molar-refractivity contribution in [3.63, 3.8) is 0 Å². The molecular formula is C25H28ClN3O3. The van der Waals surface area contributed by atoms with Gasteiger partial charge in [-0.1, -0.05) is 35.9 Å². The van der Waals surface area contributed by atoms with Crippen molar-refractivity contribution in [1.82, 2.24) is 15.2 Å². The van der Waals surface area contributed by atoms with Gasteiger partial charge in [-0.05, 0) is 55.7 Å². The van der Waals surface area contributed by atoms with E-state index in [1.54, 1.807) is 18.3 Å². The molecule has 7 heteroatoms. The highest BCUT2D eigenvalue weighted by atomic mass is 35.5. The summed E-state index contributed by atoms with van der Waals surface area (Å²) in [4.78, 5) is 30.7. The van der Waals surface area contributed by atoms with Gasteiger partial charge in [0.15, 0.2) is 11.7 Å². The van der Waals surface area contributed by atoms with Gasteiger partial charge in [0.2, 0.25) is 11.8 Å². The van der Waals surface area contributed by atoms with Gasteiger partial charge in [-0.25, -0.2) is 4.98 Å². The van der Waals surface area contributed by atoms with Crippen LogP contribution in [-0.4, -0.2) is 34.8 Å². The van der Waals surface area contributed by atoms with Crippen LogP contribution in [0.5, 0.6) is 0 Å². The molecule has 6 nitrogen and oxygen atoms in total. The smallest absolute Gasteiger partial charge is 0.239 e. The van der Waals surface area contributed by atoms with Gasteiger partial charge in [0.05, 0.1) is 12.7 Å². The summed E-state index contributed by atoms with van der Waals surface area (Å²) in [6.45, 7) is 6.83. The maximum absolute atomic E-state index is 12.6. The fourth-order valence-electron chi connectivity index (χ4n) is 3.23. The topological polar surface area (TPSA) is 75.4 Å². The van der Waals surface area contributed by atoms with Gasteiger partial charge in [-0.3, -0.25) is 9.59 Å². The summed E-state index contributed by atoms with van der Waals surface area (Å²) >= 11 is 5.87. The van der Waals surface area contributed by atoms with Crippen LogP contribution in [0.4, 0.5) is 0 Å². The van der Waals surface area contributed by atoms with Crippen LogP contribution in [0, 0.1) is 13.8 Å². The van der Waals surface area contributed by atoms with Gasteiger partial charge in [-0.15, -0.1) is 0 Å². The minimum Gasteiger partial charge on any atom is -0.441 e. The molecule has 0 saturated heterocycles. The summed E-state index contributed by atoms with van der Waals surface area (Å²) in [6.07, 6.45) is 2.30. The van der Waals surface area contributed by atoms with Gasteiger partial charge in [0, 0.05) is 36.5 Å². The Kier molecular flexibility index (Phi) is 8.06. The lowest BCUT2D eigenvalue weighted by Gasteiger charge is -2.20. The number of likely N-dealkylation sites (N-methyl/N-ethyl adjacent to an activating group) is 1. The number of rotatable bonds is 9. The van der Waals surface area contributed by atoms with Gasteiger partial charge in [0.25, 0.3) is 0 Å². The van der Waals surface area contributed by atoms with Gasteiger partial charge < -0.3 is 14.6 Å². The van der Waals surface area contributed by atoms with E-state index in [-0.39, 0.29) is 24.8 Å². The second-order valence-electron chi connectivity index (χ2n) is 7.73. The van der Waals surface area contributed by atoms with Crippen molar-refractivity contribution in [3.05, 3.63) is 76.3 Å². The summed E-state index contributed by atoms with van der Waals surface area (Å²) in [5.41, 5.74) is 4.31. The highest BCUT2D eigenvalue weighted by Crippen LogP contribution is 2.23. The zero-order valence-corrected chi connectivity index (χ0v) is 19.4. The Morgan fingerprint density at radius 3 is 2.53 bits per heavy atom. The first-order valence-corrected chi connectivity index (χ1v) is 11.0. The Morgan fingerprint density at radius 1 is 1.09 bits per heavy atom. The zero-order valence-electron chi connectivity index (χ0n) is 18.7. The monoisotopic (exact) mass is 453 g/mol. The minimum atomic E-state index is -0.205. The third-order valence-corrected chi connectivity index (χ3v) is 5.62. The fraction of sp³-hybridized carbons (Fsp3) is 0.320. The average molecular weight is 454 g/mol. The summed E-state index contributed by atoms with van der Waals surface area (Å²) in [5, 5.41) is 3.48. The average Bonchev–Trinajstić information content (AvgIpc) is 3.26.